The standard InChI is InChI=1S/C11H10N4S/c1-8-2-3-14-11(9(8)6-12)15-7-10-13-4-5-16-10/h2-5H,7H2,1H3,(H,14,15). The lowest BCUT2D eigenvalue weighted by atomic mass is 10.1. The average Bonchev–Trinajstić information content (AvgIpc) is 2.79. The summed E-state index contributed by atoms with van der Waals surface area (Å²) in [5, 5.41) is 15.0. The molecule has 2 aromatic heterocycles. The van der Waals surface area contributed by atoms with E-state index in [9.17, 15) is 0 Å². The van der Waals surface area contributed by atoms with E-state index in [0.717, 1.165) is 10.6 Å². The highest BCUT2D eigenvalue weighted by atomic mass is 32.1. The molecule has 0 spiro atoms. The summed E-state index contributed by atoms with van der Waals surface area (Å²) in [5.74, 6) is 0.623. The van der Waals surface area contributed by atoms with Crippen LogP contribution in [0.3, 0.4) is 0 Å². The van der Waals surface area contributed by atoms with E-state index in [2.05, 4.69) is 21.4 Å². The summed E-state index contributed by atoms with van der Waals surface area (Å²) in [5.41, 5.74) is 1.53. The maximum Gasteiger partial charge on any atom is 0.144 e. The molecule has 0 atom stereocenters. The molecule has 0 aromatic carbocycles. The highest BCUT2D eigenvalue weighted by Gasteiger charge is 2.06. The Kier molecular flexibility index (Phi) is 3.13. The van der Waals surface area contributed by atoms with Crippen LogP contribution in [0.5, 0.6) is 0 Å². The van der Waals surface area contributed by atoms with Crippen LogP contribution in [-0.2, 0) is 6.54 Å². The van der Waals surface area contributed by atoms with E-state index < -0.39 is 0 Å². The molecule has 0 saturated carbocycles. The Morgan fingerprint density at radius 3 is 3.00 bits per heavy atom. The minimum absolute atomic E-state index is 0.596. The molecule has 5 heteroatoms. The Labute approximate surface area is 97.6 Å². The van der Waals surface area contributed by atoms with E-state index in [1.807, 2.05) is 18.4 Å². The molecule has 80 valence electrons. The first-order chi connectivity index (χ1) is 7.81. The molecule has 0 amide bonds. The van der Waals surface area contributed by atoms with Crippen molar-refractivity contribution in [3.05, 3.63) is 40.0 Å². The minimum atomic E-state index is 0.596. The molecule has 2 rings (SSSR count). The number of anilines is 1. The predicted octanol–water partition coefficient (Wildman–Crippen LogP) is 2.33. The number of hydrogen-bond acceptors (Lipinski definition) is 5. The zero-order valence-electron chi connectivity index (χ0n) is 8.77. The Morgan fingerprint density at radius 2 is 2.31 bits per heavy atom. The summed E-state index contributed by atoms with van der Waals surface area (Å²) in [4.78, 5) is 8.31. The van der Waals surface area contributed by atoms with Crippen molar-refractivity contribution in [2.45, 2.75) is 13.5 Å². The molecule has 0 radical (unpaired) electrons. The van der Waals surface area contributed by atoms with Gasteiger partial charge in [0.05, 0.1) is 12.1 Å². The summed E-state index contributed by atoms with van der Waals surface area (Å²) in [7, 11) is 0. The molecular formula is C11H10N4S. The van der Waals surface area contributed by atoms with E-state index in [0.29, 0.717) is 17.9 Å². The quantitative estimate of drug-likeness (QED) is 0.879. The van der Waals surface area contributed by atoms with Crippen LogP contribution in [0, 0.1) is 18.3 Å². The summed E-state index contributed by atoms with van der Waals surface area (Å²) >= 11 is 1.58. The van der Waals surface area contributed by atoms with Crippen LogP contribution in [0.25, 0.3) is 0 Å². The fraction of sp³-hybridized carbons (Fsp3) is 0.182. The molecule has 0 saturated heterocycles. The molecule has 0 aliphatic carbocycles. The monoisotopic (exact) mass is 230 g/mol. The van der Waals surface area contributed by atoms with E-state index in [4.69, 9.17) is 5.26 Å². The molecule has 0 fully saturated rings. The molecule has 0 aliphatic rings. The van der Waals surface area contributed by atoms with Crippen molar-refractivity contribution in [2.24, 2.45) is 0 Å². The highest BCUT2D eigenvalue weighted by Crippen LogP contribution is 2.16. The molecule has 0 aliphatic heterocycles. The van der Waals surface area contributed by atoms with Crippen LogP contribution >= 0.6 is 11.3 Å². The Balaban J connectivity index is 2.16. The lowest BCUT2D eigenvalue weighted by Crippen LogP contribution is -2.03. The summed E-state index contributed by atoms with van der Waals surface area (Å²) < 4.78 is 0. The number of hydrogen-bond donors (Lipinski definition) is 1. The van der Waals surface area contributed by atoms with Crippen LogP contribution in [0.4, 0.5) is 5.82 Å². The summed E-state index contributed by atoms with van der Waals surface area (Å²) in [6.07, 6.45) is 3.46. The first-order valence-electron chi connectivity index (χ1n) is 4.79. The van der Waals surface area contributed by atoms with Crippen LogP contribution in [0.15, 0.2) is 23.8 Å². The van der Waals surface area contributed by atoms with E-state index in [-0.39, 0.29) is 0 Å². The SMILES string of the molecule is Cc1ccnc(NCc2nccs2)c1C#N. The third-order valence-electron chi connectivity index (χ3n) is 2.16. The molecule has 16 heavy (non-hydrogen) atoms. The van der Waals surface area contributed by atoms with E-state index in [1.165, 1.54) is 0 Å². The van der Waals surface area contributed by atoms with Crippen molar-refractivity contribution in [1.29, 1.82) is 5.26 Å². The molecular weight excluding hydrogens is 220 g/mol. The van der Waals surface area contributed by atoms with Crippen LogP contribution in [0.2, 0.25) is 0 Å². The number of nitrogens with zero attached hydrogens (tertiary/aromatic N) is 3. The van der Waals surface area contributed by atoms with Gasteiger partial charge in [-0.2, -0.15) is 5.26 Å². The van der Waals surface area contributed by atoms with E-state index in [1.54, 1.807) is 23.7 Å². The second kappa shape index (κ2) is 4.73. The van der Waals surface area contributed by atoms with Gasteiger partial charge < -0.3 is 5.32 Å². The molecule has 2 heterocycles. The molecule has 2 aromatic rings. The Morgan fingerprint density at radius 1 is 1.44 bits per heavy atom. The number of nitriles is 1. The van der Waals surface area contributed by atoms with Gasteiger partial charge in [-0.3, -0.25) is 0 Å². The summed E-state index contributed by atoms with van der Waals surface area (Å²) in [6.45, 7) is 2.50. The number of aromatic nitrogens is 2. The topological polar surface area (TPSA) is 61.6 Å². The van der Waals surface area contributed by atoms with Gasteiger partial charge in [-0.05, 0) is 18.6 Å². The number of rotatable bonds is 3. The average molecular weight is 230 g/mol. The van der Waals surface area contributed by atoms with Gasteiger partial charge in [0.2, 0.25) is 0 Å². The zero-order chi connectivity index (χ0) is 11.4. The second-order valence-electron chi connectivity index (χ2n) is 3.24. The zero-order valence-corrected chi connectivity index (χ0v) is 9.58. The Hall–Kier alpha value is -1.93. The first kappa shape index (κ1) is 10.6. The van der Waals surface area contributed by atoms with Gasteiger partial charge >= 0.3 is 0 Å². The molecule has 4 nitrogen and oxygen atoms in total. The summed E-state index contributed by atoms with van der Waals surface area (Å²) in [6, 6.07) is 3.98. The van der Waals surface area contributed by atoms with Gasteiger partial charge in [0.15, 0.2) is 0 Å². The van der Waals surface area contributed by atoms with Crippen LogP contribution < -0.4 is 5.32 Å². The number of pyridine rings is 1. The van der Waals surface area contributed by atoms with Crippen molar-refractivity contribution in [3.8, 4) is 6.07 Å². The molecule has 0 unspecified atom stereocenters. The third kappa shape index (κ3) is 2.18. The fourth-order valence-electron chi connectivity index (χ4n) is 1.33. The lowest BCUT2D eigenvalue weighted by Gasteiger charge is -2.06. The highest BCUT2D eigenvalue weighted by molar-refractivity contribution is 7.09. The first-order valence-corrected chi connectivity index (χ1v) is 5.67. The Bertz CT molecular complexity index is 513. The smallest absolute Gasteiger partial charge is 0.144 e. The van der Waals surface area contributed by atoms with Crippen LogP contribution in [-0.4, -0.2) is 9.97 Å². The maximum absolute atomic E-state index is 9.01. The van der Waals surface area contributed by atoms with Gasteiger partial charge in [0.1, 0.15) is 16.9 Å². The van der Waals surface area contributed by atoms with Crippen molar-refractivity contribution in [3.63, 3.8) is 0 Å². The largest absolute Gasteiger partial charge is 0.362 e. The van der Waals surface area contributed by atoms with E-state index >= 15 is 0 Å². The number of nitrogens with one attached hydrogen (secondary N) is 1. The van der Waals surface area contributed by atoms with Gasteiger partial charge in [-0.15, -0.1) is 11.3 Å². The third-order valence-corrected chi connectivity index (χ3v) is 2.94. The van der Waals surface area contributed by atoms with Crippen molar-refractivity contribution < 1.29 is 0 Å². The second-order valence-corrected chi connectivity index (χ2v) is 4.22. The van der Waals surface area contributed by atoms with Crippen molar-refractivity contribution in [1.82, 2.24) is 9.97 Å². The van der Waals surface area contributed by atoms with Crippen molar-refractivity contribution >= 4 is 17.2 Å². The maximum atomic E-state index is 9.01. The number of aryl methyl sites for hydroxylation is 1. The van der Waals surface area contributed by atoms with Gasteiger partial charge in [0.25, 0.3) is 0 Å². The molecule has 0 bridgehead atoms. The number of thiazole rings is 1. The molecule has 1 N–H and O–H groups in total. The lowest BCUT2D eigenvalue weighted by molar-refractivity contribution is 1.07. The van der Waals surface area contributed by atoms with Gasteiger partial charge in [0, 0.05) is 17.8 Å². The van der Waals surface area contributed by atoms with Gasteiger partial charge in [-0.1, -0.05) is 0 Å². The predicted molar refractivity (Wildman–Crippen MR) is 63.1 cm³/mol. The normalized spacial score (nSPS) is 9.75. The fourth-order valence-corrected chi connectivity index (χ4v) is 1.89. The van der Waals surface area contributed by atoms with Crippen LogP contribution in [0.1, 0.15) is 16.1 Å². The van der Waals surface area contributed by atoms with Crippen molar-refractivity contribution in [2.75, 3.05) is 5.32 Å². The minimum Gasteiger partial charge on any atom is -0.362 e. The van der Waals surface area contributed by atoms with Gasteiger partial charge in [-0.25, -0.2) is 9.97 Å².